The summed E-state index contributed by atoms with van der Waals surface area (Å²) in [5.41, 5.74) is 1.00. The first-order valence-corrected chi connectivity index (χ1v) is 15.1. The van der Waals surface area contributed by atoms with Gasteiger partial charge in [0.15, 0.2) is 5.82 Å². The van der Waals surface area contributed by atoms with Crippen molar-refractivity contribution in [2.24, 2.45) is 0 Å². The molecule has 2 bridgehead atoms. The van der Waals surface area contributed by atoms with Gasteiger partial charge in [0.05, 0.1) is 16.5 Å². The van der Waals surface area contributed by atoms with Gasteiger partial charge in [-0.1, -0.05) is 42.3 Å². The first-order valence-electron chi connectivity index (χ1n) is 15.1. The minimum atomic E-state index is -0.944. The maximum Gasteiger partial charge on any atom is 0.319 e. The zero-order chi connectivity index (χ0) is 30.2. The lowest BCUT2D eigenvalue weighted by molar-refractivity contribution is 0.107. The fraction of sp³-hybridized carbons (Fsp3) is 0.382. The van der Waals surface area contributed by atoms with Gasteiger partial charge in [-0.3, -0.25) is 9.88 Å². The molecule has 7 nitrogen and oxygen atoms in total. The van der Waals surface area contributed by atoms with Crippen LogP contribution in [-0.2, 0) is 0 Å². The Morgan fingerprint density at radius 2 is 2.05 bits per heavy atom. The molecule has 10 heteroatoms. The topological polar surface area (TPSA) is 66.4 Å². The number of halogens is 3. The van der Waals surface area contributed by atoms with E-state index in [0.29, 0.717) is 59.5 Å². The minimum Gasteiger partial charge on any atom is -0.461 e. The lowest BCUT2D eigenvalue weighted by Gasteiger charge is -2.46. The molecule has 4 atom stereocenters. The van der Waals surface area contributed by atoms with Crippen LogP contribution in [0.15, 0.2) is 48.7 Å². The van der Waals surface area contributed by atoms with Crippen LogP contribution in [0.1, 0.15) is 31.2 Å². The molecule has 7 heterocycles. The quantitative estimate of drug-likeness (QED) is 0.252. The summed E-state index contributed by atoms with van der Waals surface area (Å²) < 4.78 is 52.3. The maximum absolute atomic E-state index is 16.7. The van der Waals surface area contributed by atoms with Crippen molar-refractivity contribution in [1.29, 1.82) is 0 Å². The van der Waals surface area contributed by atoms with E-state index in [2.05, 4.69) is 37.6 Å². The van der Waals surface area contributed by atoms with E-state index in [1.165, 1.54) is 6.07 Å². The van der Waals surface area contributed by atoms with E-state index < -0.39 is 23.3 Å². The van der Waals surface area contributed by atoms with Gasteiger partial charge in [-0.25, -0.2) is 13.2 Å². The van der Waals surface area contributed by atoms with Crippen LogP contribution in [0.25, 0.3) is 32.9 Å². The Morgan fingerprint density at radius 3 is 2.82 bits per heavy atom. The van der Waals surface area contributed by atoms with Crippen LogP contribution in [0.5, 0.6) is 6.01 Å². The summed E-state index contributed by atoms with van der Waals surface area (Å²) in [6.45, 7) is 6.79. The lowest BCUT2D eigenvalue weighted by atomic mass is 9.92. The number of terminal acetylenes is 1. The molecule has 2 aromatic carbocycles. The van der Waals surface area contributed by atoms with Crippen LogP contribution in [-0.4, -0.2) is 76.4 Å². The Hall–Kier alpha value is -4.20. The van der Waals surface area contributed by atoms with Gasteiger partial charge in [-0.05, 0) is 30.7 Å². The number of ether oxygens (including phenoxy) is 1. The Labute approximate surface area is 253 Å². The Morgan fingerprint density at radius 1 is 1.16 bits per heavy atom. The maximum atomic E-state index is 16.7. The average molecular weight is 597 g/mol. The van der Waals surface area contributed by atoms with Crippen molar-refractivity contribution in [2.75, 3.05) is 37.7 Å². The third-order valence-corrected chi connectivity index (χ3v) is 9.81. The minimum absolute atomic E-state index is 0.00977. The van der Waals surface area contributed by atoms with Gasteiger partial charge in [0.25, 0.3) is 0 Å². The number of fused-ring (bicyclic) bond motifs is 6. The molecule has 5 fully saturated rings. The van der Waals surface area contributed by atoms with Gasteiger partial charge in [0, 0.05) is 61.8 Å². The van der Waals surface area contributed by atoms with Crippen molar-refractivity contribution in [3.05, 3.63) is 65.9 Å². The first-order chi connectivity index (χ1) is 21.3. The highest BCUT2D eigenvalue weighted by Crippen LogP contribution is 2.43. The highest BCUT2D eigenvalue weighted by molar-refractivity contribution is 6.02. The Bertz CT molecular complexity index is 1880. The second-order valence-corrected chi connectivity index (χ2v) is 12.6. The molecule has 5 aliphatic rings. The molecule has 0 spiro atoms. The summed E-state index contributed by atoms with van der Waals surface area (Å²) in [7, 11) is 0. The number of nitrogens with zero attached hydrogens (tertiary/aromatic N) is 5. The second kappa shape index (κ2) is 10.2. The monoisotopic (exact) mass is 596 g/mol. The molecule has 5 saturated heterocycles. The van der Waals surface area contributed by atoms with Gasteiger partial charge in [-0.2, -0.15) is 9.97 Å². The van der Waals surface area contributed by atoms with Crippen LogP contribution in [0.4, 0.5) is 19.0 Å². The van der Waals surface area contributed by atoms with Crippen molar-refractivity contribution in [1.82, 2.24) is 25.2 Å². The number of hydrogen-bond acceptors (Lipinski definition) is 7. The van der Waals surface area contributed by atoms with Crippen LogP contribution in [0, 0.1) is 24.0 Å². The molecule has 1 N–H and O–H groups in total. The van der Waals surface area contributed by atoms with Crippen LogP contribution >= 0.6 is 0 Å². The lowest BCUT2D eigenvalue weighted by Crippen LogP contribution is -2.61. The van der Waals surface area contributed by atoms with Gasteiger partial charge in [-0.15, -0.1) is 6.42 Å². The number of rotatable bonds is 5. The molecular formula is C34H31F3N6O. The number of anilines is 1. The van der Waals surface area contributed by atoms with Crippen LogP contribution in [0.3, 0.4) is 0 Å². The van der Waals surface area contributed by atoms with Gasteiger partial charge < -0.3 is 15.0 Å². The summed E-state index contributed by atoms with van der Waals surface area (Å²) in [5, 5.41) is 5.10. The van der Waals surface area contributed by atoms with Crippen molar-refractivity contribution >= 4 is 27.5 Å². The molecule has 2 unspecified atom stereocenters. The van der Waals surface area contributed by atoms with Crippen molar-refractivity contribution < 1.29 is 17.9 Å². The smallest absolute Gasteiger partial charge is 0.319 e. The zero-order valence-electron chi connectivity index (χ0n) is 24.1. The van der Waals surface area contributed by atoms with E-state index in [-0.39, 0.29) is 35.4 Å². The number of benzene rings is 2. The van der Waals surface area contributed by atoms with Crippen LogP contribution < -0.4 is 15.0 Å². The van der Waals surface area contributed by atoms with Crippen molar-refractivity contribution in [3.8, 4) is 29.6 Å². The first kappa shape index (κ1) is 27.4. The molecular weight excluding hydrogens is 565 g/mol. The number of nitrogens with one attached hydrogen (secondary N) is 1. The number of alkyl halides is 1. The molecule has 0 saturated carbocycles. The molecule has 2 aromatic heterocycles. The fourth-order valence-corrected chi connectivity index (χ4v) is 7.80. The van der Waals surface area contributed by atoms with E-state index in [1.54, 1.807) is 30.5 Å². The zero-order valence-corrected chi connectivity index (χ0v) is 24.1. The van der Waals surface area contributed by atoms with E-state index in [0.717, 1.165) is 31.5 Å². The third kappa shape index (κ3) is 4.25. The average Bonchev–Trinajstić information content (AvgIpc) is 3.50. The van der Waals surface area contributed by atoms with Crippen molar-refractivity contribution in [2.45, 2.75) is 49.5 Å². The molecule has 5 aliphatic heterocycles. The Balaban J connectivity index is 1.27. The van der Waals surface area contributed by atoms with Gasteiger partial charge >= 0.3 is 6.01 Å². The van der Waals surface area contributed by atoms with E-state index in [1.807, 2.05) is 0 Å². The molecule has 0 radical (unpaired) electrons. The van der Waals surface area contributed by atoms with Crippen LogP contribution in [0.2, 0.25) is 0 Å². The molecule has 224 valence electrons. The largest absolute Gasteiger partial charge is 0.461 e. The molecule has 9 rings (SSSR count). The van der Waals surface area contributed by atoms with E-state index in [9.17, 15) is 8.78 Å². The van der Waals surface area contributed by atoms with Gasteiger partial charge in [0.1, 0.15) is 35.6 Å². The predicted molar refractivity (Wildman–Crippen MR) is 163 cm³/mol. The second-order valence-electron chi connectivity index (χ2n) is 12.6. The van der Waals surface area contributed by atoms with E-state index in [4.69, 9.17) is 16.1 Å². The summed E-state index contributed by atoms with van der Waals surface area (Å²) in [6.07, 6.45) is 9.36. The molecule has 4 aromatic rings. The third-order valence-electron chi connectivity index (χ3n) is 9.81. The predicted octanol–water partition coefficient (Wildman–Crippen LogP) is 5.17. The van der Waals surface area contributed by atoms with Crippen molar-refractivity contribution in [3.63, 3.8) is 0 Å². The molecule has 44 heavy (non-hydrogen) atoms. The number of aromatic nitrogens is 3. The number of piperidine rings is 2. The summed E-state index contributed by atoms with van der Waals surface area (Å²) in [5.74, 6) is 1.76. The standard InChI is InChI=1S/C34H31F3N6O/c1-3-24-27(36)10-7-20-5-4-6-25(28(20)24)30-29(37)31-26(14-39-30)32(43-17-22-8-9-23(43)13-38-22)41-33(40-31)44-18-34-11-19(2)15-42(34)16-21(35)12-34/h1,4-7,10,14,21-23,38H,2,8-9,11-13,15-18H2/t21-,22?,23?,34-/m1/s1. The number of piperazine rings is 1. The molecule has 0 aliphatic carbocycles. The van der Waals surface area contributed by atoms with E-state index >= 15 is 4.39 Å². The van der Waals surface area contributed by atoms with Gasteiger partial charge in [0.2, 0.25) is 0 Å². The normalized spacial score (nSPS) is 26.5. The summed E-state index contributed by atoms with van der Waals surface area (Å²) in [4.78, 5) is 18.3. The number of pyridine rings is 1. The highest BCUT2D eigenvalue weighted by Gasteiger charge is 2.51. The highest BCUT2D eigenvalue weighted by atomic mass is 19.1. The summed E-state index contributed by atoms with van der Waals surface area (Å²) >= 11 is 0. The molecule has 0 amide bonds. The number of hydrogen-bond donors (Lipinski definition) is 1. The Kier molecular flexibility index (Phi) is 6.33. The summed E-state index contributed by atoms with van der Waals surface area (Å²) in [6, 6.07) is 8.69. The SMILES string of the molecule is C#Cc1c(F)ccc2cccc(-c3ncc4c(N5CC6CCC5CN6)nc(OC[C@]56CC(=C)CN5C[C@H](F)C6)nc4c3F)c12. The fourth-order valence-electron chi connectivity index (χ4n) is 7.80.